The first-order chi connectivity index (χ1) is 18.4. The molecule has 2 aliphatic heterocycles. The second kappa shape index (κ2) is 8.60. The van der Waals surface area contributed by atoms with Gasteiger partial charge in [0.25, 0.3) is 5.91 Å². The summed E-state index contributed by atoms with van der Waals surface area (Å²) in [5.41, 5.74) is 4.93. The molecule has 2 fully saturated rings. The van der Waals surface area contributed by atoms with Crippen LogP contribution in [-0.4, -0.2) is 37.0 Å². The Morgan fingerprint density at radius 1 is 0.842 bits per heavy atom. The Bertz CT molecular complexity index is 1380. The van der Waals surface area contributed by atoms with Gasteiger partial charge in [-0.05, 0) is 59.4 Å². The van der Waals surface area contributed by atoms with E-state index in [0.717, 1.165) is 41.7 Å². The number of rotatable bonds is 4. The van der Waals surface area contributed by atoms with E-state index in [-0.39, 0.29) is 23.8 Å². The largest absolute Gasteiger partial charge is 0.376 e. The maximum absolute atomic E-state index is 14.1. The van der Waals surface area contributed by atoms with Crippen molar-refractivity contribution in [2.75, 3.05) is 18.1 Å². The van der Waals surface area contributed by atoms with E-state index in [0.29, 0.717) is 17.8 Å². The van der Waals surface area contributed by atoms with Crippen LogP contribution in [0, 0.1) is 11.8 Å². The van der Waals surface area contributed by atoms with E-state index in [4.69, 9.17) is 4.74 Å². The van der Waals surface area contributed by atoms with Crippen molar-refractivity contribution < 1.29 is 19.1 Å². The molecule has 2 bridgehead atoms. The lowest BCUT2D eigenvalue weighted by molar-refractivity contribution is -0.122. The highest BCUT2D eigenvalue weighted by Gasteiger charge is 2.72. The molecular formula is C30H24Br2N2O4. The van der Waals surface area contributed by atoms with Gasteiger partial charge in [0.15, 0.2) is 0 Å². The Kier molecular flexibility index (Phi) is 5.49. The first-order valence-electron chi connectivity index (χ1n) is 12.8. The number of hydrogen-bond acceptors (Lipinski definition) is 4. The highest BCUT2D eigenvalue weighted by molar-refractivity contribution is 9.10. The van der Waals surface area contributed by atoms with Gasteiger partial charge >= 0.3 is 0 Å². The zero-order valence-electron chi connectivity index (χ0n) is 20.3. The second-order valence-corrected chi connectivity index (χ2v) is 12.9. The fourth-order valence-corrected chi connectivity index (χ4v) is 9.10. The zero-order valence-corrected chi connectivity index (χ0v) is 23.5. The van der Waals surface area contributed by atoms with Crippen LogP contribution in [0.1, 0.15) is 45.5 Å². The summed E-state index contributed by atoms with van der Waals surface area (Å²) in [6, 6.07) is 22.7. The molecule has 3 amide bonds. The van der Waals surface area contributed by atoms with Crippen LogP contribution in [0.25, 0.3) is 0 Å². The molecule has 2 heterocycles. The number of amides is 3. The van der Waals surface area contributed by atoms with Crippen molar-refractivity contribution in [3.63, 3.8) is 0 Å². The van der Waals surface area contributed by atoms with Gasteiger partial charge in [-0.3, -0.25) is 14.4 Å². The average molecular weight is 636 g/mol. The number of carbonyl (C=O) groups excluding carboxylic acids is 3. The van der Waals surface area contributed by atoms with E-state index in [1.165, 1.54) is 4.90 Å². The lowest BCUT2D eigenvalue weighted by atomic mass is 9.54. The molecule has 8 rings (SSSR count). The quantitative estimate of drug-likeness (QED) is 0.323. The van der Waals surface area contributed by atoms with E-state index in [2.05, 4.69) is 37.2 Å². The maximum Gasteiger partial charge on any atom is 0.251 e. The van der Waals surface area contributed by atoms with Crippen LogP contribution in [0.3, 0.4) is 0 Å². The number of carbonyl (C=O) groups is 3. The minimum atomic E-state index is -0.829. The molecule has 192 valence electrons. The van der Waals surface area contributed by atoms with Gasteiger partial charge in [0.05, 0.1) is 32.3 Å². The normalized spacial score (nSPS) is 30.7. The smallest absolute Gasteiger partial charge is 0.251 e. The van der Waals surface area contributed by atoms with Crippen molar-refractivity contribution in [2.24, 2.45) is 11.8 Å². The lowest BCUT2D eigenvalue weighted by Gasteiger charge is -2.55. The molecular weight excluding hydrogens is 612 g/mol. The summed E-state index contributed by atoms with van der Waals surface area (Å²) in [5, 5.41) is 2.91. The van der Waals surface area contributed by atoms with Crippen molar-refractivity contribution in [1.29, 1.82) is 0 Å². The summed E-state index contributed by atoms with van der Waals surface area (Å²) in [5.74, 6) is -1.97. The number of imide groups is 1. The van der Waals surface area contributed by atoms with Crippen LogP contribution in [0.15, 0.2) is 72.8 Å². The third-order valence-electron chi connectivity index (χ3n) is 8.49. The SMILES string of the molecule is O=C(NC[C@H]1CCCO1)c1ccc(N2C(=O)[C@@H]3[C@H](C2=O)C2(Br)c4ccccc4C3(Br)c3ccccc32)cc1. The van der Waals surface area contributed by atoms with Gasteiger partial charge in [0, 0.05) is 18.7 Å². The summed E-state index contributed by atoms with van der Waals surface area (Å²) < 4.78 is 3.92. The van der Waals surface area contributed by atoms with Crippen LogP contribution in [0.5, 0.6) is 0 Å². The average Bonchev–Trinajstić information content (AvgIpc) is 3.56. The van der Waals surface area contributed by atoms with E-state index >= 15 is 0 Å². The molecule has 0 radical (unpaired) electrons. The topological polar surface area (TPSA) is 75.7 Å². The number of nitrogens with zero attached hydrogens (tertiary/aromatic N) is 1. The highest BCUT2D eigenvalue weighted by Crippen LogP contribution is 2.70. The first kappa shape index (κ1) is 24.2. The summed E-state index contributed by atoms with van der Waals surface area (Å²) in [4.78, 5) is 42.2. The van der Waals surface area contributed by atoms with E-state index in [9.17, 15) is 14.4 Å². The van der Waals surface area contributed by atoms with Crippen LogP contribution in [0.4, 0.5) is 5.69 Å². The molecule has 8 heteroatoms. The van der Waals surface area contributed by atoms with Gasteiger partial charge in [-0.25, -0.2) is 4.90 Å². The summed E-state index contributed by atoms with van der Waals surface area (Å²) in [6.45, 7) is 1.20. The van der Waals surface area contributed by atoms with Gasteiger partial charge in [-0.2, -0.15) is 0 Å². The summed E-state index contributed by atoms with van der Waals surface area (Å²) in [7, 11) is 0. The fourth-order valence-electron chi connectivity index (χ4n) is 6.80. The summed E-state index contributed by atoms with van der Waals surface area (Å²) in [6.07, 6.45) is 2.01. The molecule has 5 aliphatic rings. The Morgan fingerprint density at radius 2 is 1.34 bits per heavy atom. The molecule has 3 atom stereocenters. The van der Waals surface area contributed by atoms with Gasteiger partial charge < -0.3 is 10.1 Å². The number of ether oxygens (including phenoxy) is 1. The van der Waals surface area contributed by atoms with Crippen molar-refractivity contribution in [2.45, 2.75) is 27.6 Å². The van der Waals surface area contributed by atoms with Crippen LogP contribution in [-0.2, 0) is 23.0 Å². The zero-order chi connectivity index (χ0) is 26.2. The number of alkyl halides is 2. The minimum Gasteiger partial charge on any atom is -0.376 e. The van der Waals surface area contributed by atoms with Crippen LogP contribution < -0.4 is 10.2 Å². The molecule has 3 aromatic rings. The molecule has 38 heavy (non-hydrogen) atoms. The molecule has 3 aromatic carbocycles. The van der Waals surface area contributed by atoms with E-state index in [1.54, 1.807) is 24.3 Å². The number of halogens is 2. The highest BCUT2D eigenvalue weighted by atomic mass is 79.9. The molecule has 0 saturated carbocycles. The van der Waals surface area contributed by atoms with Gasteiger partial charge in [-0.1, -0.05) is 80.4 Å². The number of nitrogens with one attached hydrogen (secondary N) is 1. The predicted octanol–water partition coefficient (Wildman–Crippen LogP) is 5.01. The number of benzene rings is 3. The van der Waals surface area contributed by atoms with E-state index < -0.39 is 20.5 Å². The Labute approximate surface area is 237 Å². The first-order valence-corrected chi connectivity index (χ1v) is 14.4. The maximum atomic E-state index is 14.1. The van der Waals surface area contributed by atoms with Crippen LogP contribution in [0.2, 0.25) is 0 Å². The standard InChI is InChI=1S/C30H24Br2N2O4/c31-29-20-7-1-2-8-21(20)30(32,23-10-4-3-9-22(23)29)25-24(29)27(36)34(28(25)37)18-13-11-17(12-14-18)26(35)33-16-19-6-5-15-38-19/h1-4,7-14,19,24-25H,5-6,15-16H2,(H,33,35)/t19-,24-,25+,29?,30?/m1/s1. The molecule has 6 nitrogen and oxygen atoms in total. The van der Waals surface area contributed by atoms with Crippen molar-refractivity contribution in [3.8, 4) is 0 Å². The minimum absolute atomic E-state index is 0.0539. The number of hydrogen-bond donors (Lipinski definition) is 1. The molecule has 3 aliphatic carbocycles. The fraction of sp³-hybridized carbons (Fsp3) is 0.300. The van der Waals surface area contributed by atoms with Crippen molar-refractivity contribution >= 4 is 55.3 Å². The molecule has 0 spiro atoms. The van der Waals surface area contributed by atoms with Crippen LogP contribution >= 0.6 is 31.9 Å². The third kappa shape index (κ3) is 3.11. The Balaban J connectivity index is 1.25. The van der Waals surface area contributed by atoms with Crippen molar-refractivity contribution in [3.05, 3.63) is 101 Å². The van der Waals surface area contributed by atoms with Gasteiger partial charge in [0.2, 0.25) is 11.8 Å². The molecule has 1 N–H and O–H groups in total. The Morgan fingerprint density at radius 3 is 1.79 bits per heavy atom. The van der Waals surface area contributed by atoms with Gasteiger partial charge in [-0.15, -0.1) is 0 Å². The monoisotopic (exact) mass is 634 g/mol. The van der Waals surface area contributed by atoms with E-state index in [1.807, 2.05) is 48.5 Å². The molecule has 0 aromatic heterocycles. The lowest BCUT2D eigenvalue weighted by Crippen LogP contribution is -2.56. The molecule has 0 unspecified atom stereocenters. The summed E-state index contributed by atoms with van der Waals surface area (Å²) >= 11 is 8.04. The predicted molar refractivity (Wildman–Crippen MR) is 150 cm³/mol. The number of anilines is 1. The third-order valence-corrected chi connectivity index (χ3v) is 11.2. The van der Waals surface area contributed by atoms with Gasteiger partial charge in [0.1, 0.15) is 0 Å². The van der Waals surface area contributed by atoms with Crippen molar-refractivity contribution in [1.82, 2.24) is 5.32 Å². The second-order valence-electron chi connectivity index (χ2n) is 10.4. The Hall–Kier alpha value is -2.81. The molecule has 2 saturated heterocycles.